The Morgan fingerprint density at radius 1 is 0.933 bits per heavy atom. The van der Waals surface area contributed by atoms with E-state index in [1.807, 2.05) is 29.2 Å². The van der Waals surface area contributed by atoms with E-state index in [1.54, 1.807) is 12.4 Å². The quantitative estimate of drug-likeness (QED) is 0.676. The summed E-state index contributed by atoms with van der Waals surface area (Å²) < 4.78 is 0. The van der Waals surface area contributed by atoms with Crippen LogP contribution in [0.1, 0.15) is 24.0 Å². The summed E-state index contributed by atoms with van der Waals surface area (Å²) in [6.07, 6.45) is 6.39. The van der Waals surface area contributed by atoms with Crippen LogP contribution in [0.3, 0.4) is 0 Å². The Bertz CT molecular complexity index is 1020. The van der Waals surface area contributed by atoms with Crippen LogP contribution in [-0.4, -0.2) is 45.6 Å². The molecule has 1 aromatic carbocycles. The van der Waals surface area contributed by atoms with Crippen LogP contribution in [0.5, 0.6) is 0 Å². The molecule has 0 N–H and O–H groups in total. The number of fused-ring (bicyclic) bond motifs is 1. The topological polar surface area (TPSA) is 62.2 Å². The molecular weight excluding hydrogens is 374 g/mol. The van der Waals surface area contributed by atoms with Crippen molar-refractivity contribution >= 4 is 11.7 Å². The molecule has 1 fully saturated rings. The van der Waals surface area contributed by atoms with Crippen molar-refractivity contribution in [1.82, 2.24) is 20.1 Å². The minimum absolute atomic E-state index is 0.0192. The molecule has 30 heavy (non-hydrogen) atoms. The molecule has 3 aromatic rings. The lowest BCUT2D eigenvalue weighted by molar-refractivity contribution is -0.136. The van der Waals surface area contributed by atoms with Gasteiger partial charge in [0.2, 0.25) is 5.91 Å². The number of carbonyl (C=O) groups excluding carboxylic acids is 1. The van der Waals surface area contributed by atoms with E-state index in [9.17, 15) is 4.79 Å². The average molecular weight is 399 g/mol. The van der Waals surface area contributed by atoms with Crippen molar-refractivity contribution in [3.05, 3.63) is 72.1 Å². The molecule has 0 radical (unpaired) electrons. The van der Waals surface area contributed by atoms with Crippen LogP contribution in [0.4, 0.5) is 5.82 Å². The van der Waals surface area contributed by atoms with Crippen molar-refractivity contribution in [2.75, 3.05) is 24.5 Å². The van der Waals surface area contributed by atoms with Crippen LogP contribution in [0.2, 0.25) is 0 Å². The maximum atomic E-state index is 13.2. The average Bonchev–Trinajstić information content (AvgIpc) is 2.84. The maximum Gasteiger partial charge on any atom is 0.227 e. The largest absolute Gasteiger partial charge is 0.354 e. The van der Waals surface area contributed by atoms with Crippen molar-refractivity contribution in [3.8, 4) is 11.3 Å². The monoisotopic (exact) mass is 399 g/mol. The number of pyridine rings is 1. The molecule has 6 nitrogen and oxygen atoms in total. The summed E-state index contributed by atoms with van der Waals surface area (Å²) in [6, 6.07) is 16.3. The third-order valence-electron chi connectivity index (χ3n) is 6.16. The highest BCUT2D eigenvalue weighted by molar-refractivity contribution is 5.80. The van der Waals surface area contributed by atoms with Crippen molar-refractivity contribution in [2.24, 2.45) is 5.92 Å². The molecule has 6 heteroatoms. The van der Waals surface area contributed by atoms with Crippen LogP contribution in [-0.2, 0) is 17.8 Å². The highest BCUT2D eigenvalue weighted by Gasteiger charge is 2.31. The third kappa shape index (κ3) is 3.77. The molecule has 1 atom stereocenters. The lowest BCUT2D eigenvalue weighted by Crippen LogP contribution is -2.46. The van der Waals surface area contributed by atoms with Crippen molar-refractivity contribution < 1.29 is 4.79 Å². The van der Waals surface area contributed by atoms with Gasteiger partial charge in [-0.05, 0) is 54.7 Å². The fraction of sp³-hybridized carbons (Fsp3) is 0.333. The van der Waals surface area contributed by atoms with E-state index < -0.39 is 0 Å². The number of amides is 1. The fourth-order valence-electron chi connectivity index (χ4n) is 4.50. The molecule has 1 unspecified atom stereocenters. The smallest absolute Gasteiger partial charge is 0.227 e. The summed E-state index contributed by atoms with van der Waals surface area (Å²) in [6.45, 7) is 3.16. The Balaban J connectivity index is 1.26. The van der Waals surface area contributed by atoms with Crippen LogP contribution in [0.15, 0.2) is 60.9 Å². The molecule has 1 amide bonds. The second kappa shape index (κ2) is 8.22. The van der Waals surface area contributed by atoms with Gasteiger partial charge in [0.05, 0.1) is 11.6 Å². The minimum Gasteiger partial charge on any atom is -0.354 e. The molecular formula is C24H25N5O. The van der Waals surface area contributed by atoms with E-state index >= 15 is 0 Å². The zero-order valence-electron chi connectivity index (χ0n) is 16.9. The zero-order valence-corrected chi connectivity index (χ0v) is 16.9. The highest BCUT2D eigenvalue weighted by Crippen LogP contribution is 2.26. The summed E-state index contributed by atoms with van der Waals surface area (Å²) in [5.41, 5.74) is 4.48. The Morgan fingerprint density at radius 2 is 1.77 bits per heavy atom. The number of hydrogen-bond donors (Lipinski definition) is 0. The molecule has 0 spiro atoms. The number of nitrogens with zero attached hydrogens (tertiary/aromatic N) is 5. The predicted molar refractivity (Wildman–Crippen MR) is 116 cm³/mol. The van der Waals surface area contributed by atoms with Gasteiger partial charge in [-0.25, -0.2) is 0 Å². The van der Waals surface area contributed by atoms with E-state index in [4.69, 9.17) is 0 Å². The number of anilines is 1. The number of rotatable bonds is 3. The first-order chi connectivity index (χ1) is 14.8. The van der Waals surface area contributed by atoms with Gasteiger partial charge in [0.15, 0.2) is 5.82 Å². The first-order valence-corrected chi connectivity index (χ1v) is 10.6. The van der Waals surface area contributed by atoms with E-state index in [0.717, 1.165) is 56.0 Å². The standard InChI is InChI=1S/C24H25N5O/c30-24(29-15-11-18-4-1-2-5-20(18)16-29)21-6-3-14-28(17-21)23-8-7-22(26-27-23)19-9-12-25-13-10-19/h1-2,4-5,7-10,12-13,21H,3,6,11,14-17H2. The van der Waals surface area contributed by atoms with Gasteiger partial charge in [0.1, 0.15) is 0 Å². The first-order valence-electron chi connectivity index (χ1n) is 10.6. The zero-order chi connectivity index (χ0) is 20.3. The van der Waals surface area contributed by atoms with Crippen LogP contribution in [0.25, 0.3) is 11.3 Å². The Hall–Kier alpha value is -3.28. The second-order valence-corrected chi connectivity index (χ2v) is 8.08. The lowest BCUT2D eigenvalue weighted by atomic mass is 9.94. The third-order valence-corrected chi connectivity index (χ3v) is 6.16. The molecule has 0 saturated carbocycles. The number of benzene rings is 1. The maximum absolute atomic E-state index is 13.2. The van der Waals surface area contributed by atoms with Gasteiger partial charge in [-0.3, -0.25) is 9.78 Å². The number of carbonyl (C=O) groups is 1. The summed E-state index contributed by atoms with van der Waals surface area (Å²) in [4.78, 5) is 21.5. The van der Waals surface area contributed by atoms with Crippen molar-refractivity contribution in [1.29, 1.82) is 0 Å². The SMILES string of the molecule is O=C(C1CCCN(c2ccc(-c3ccncc3)nn2)C1)N1CCc2ccccc2C1. The Morgan fingerprint density at radius 3 is 2.57 bits per heavy atom. The Kier molecular flexibility index (Phi) is 5.13. The molecule has 5 rings (SSSR count). The normalized spacial score (nSPS) is 18.7. The second-order valence-electron chi connectivity index (χ2n) is 8.08. The van der Waals surface area contributed by atoms with Crippen LogP contribution >= 0.6 is 0 Å². The molecule has 2 aromatic heterocycles. The van der Waals surface area contributed by atoms with Crippen LogP contribution < -0.4 is 4.90 Å². The molecule has 2 aliphatic heterocycles. The minimum atomic E-state index is 0.0192. The van der Waals surface area contributed by atoms with Crippen LogP contribution in [0, 0.1) is 5.92 Å². The summed E-state index contributed by atoms with van der Waals surface area (Å²) in [7, 11) is 0. The molecule has 2 aliphatic rings. The van der Waals surface area contributed by atoms with E-state index in [0.29, 0.717) is 6.54 Å². The predicted octanol–water partition coefficient (Wildman–Crippen LogP) is 3.34. The molecule has 0 aliphatic carbocycles. The number of aromatic nitrogens is 3. The molecule has 1 saturated heterocycles. The molecule has 152 valence electrons. The van der Waals surface area contributed by atoms with Gasteiger partial charge in [-0.1, -0.05) is 24.3 Å². The van der Waals surface area contributed by atoms with Gasteiger partial charge in [0, 0.05) is 44.1 Å². The highest BCUT2D eigenvalue weighted by atomic mass is 16.2. The van der Waals surface area contributed by atoms with E-state index in [-0.39, 0.29) is 11.8 Å². The molecule has 0 bridgehead atoms. The summed E-state index contributed by atoms with van der Waals surface area (Å²) in [5, 5.41) is 8.84. The van der Waals surface area contributed by atoms with Gasteiger partial charge < -0.3 is 9.80 Å². The van der Waals surface area contributed by atoms with E-state index in [1.165, 1.54) is 11.1 Å². The number of piperidine rings is 1. The Labute approximate surface area is 176 Å². The summed E-state index contributed by atoms with van der Waals surface area (Å²) in [5.74, 6) is 1.13. The van der Waals surface area contributed by atoms with Gasteiger partial charge in [-0.2, -0.15) is 0 Å². The van der Waals surface area contributed by atoms with Gasteiger partial charge in [0.25, 0.3) is 0 Å². The lowest BCUT2D eigenvalue weighted by Gasteiger charge is -2.37. The molecule has 4 heterocycles. The van der Waals surface area contributed by atoms with Gasteiger partial charge >= 0.3 is 0 Å². The fourth-order valence-corrected chi connectivity index (χ4v) is 4.50. The van der Waals surface area contributed by atoms with Gasteiger partial charge in [-0.15, -0.1) is 10.2 Å². The summed E-state index contributed by atoms with van der Waals surface area (Å²) >= 11 is 0. The van der Waals surface area contributed by atoms with E-state index in [2.05, 4.69) is 44.3 Å². The van der Waals surface area contributed by atoms with Crippen molar-refractivity contribution in [2.45, 2.75) is 25.8 Å². The number of hydrogen-bond acceptors (Lipinski definition) is 5. The van der Waals surface area contributed by atoms with Crippen molar-refractivity contribution in [3.63, 3.8) is 0 Å². The first kappa shape index (κ1) is 18.7.